The summed E-state index contributed by atoms with van der Waals surface area (Å²) >= 11 is 0. The van der Waals surface area contributed by atoms with Gasteiger partial charge in [0.05, 0.1) is 4.92 Å². The fourth-order valence-corrected chi connectivity index (χ4v) is 1.58. The Hall–Kier alpha value is -2.64. The minimum absolute atomic E-state index is 0.374. The van der Waals surface area contributed by atoms with E-state index in [1.165, 1.54) is 18.5 Å². The number of nitrogens with zero attached hydrogens (tertiary/aromatic N) is 2. The molecule has 0 radical (unpaired) electrons. The van der Waals surface area contributed by atoms with Gasteiger partial charge in [-0.05, 0) is 17.7 Å². The van der Waals surface area contributed by atoms with E-state index in [-0.39, 0.29) is 0 Å². The number of rotatable bonds is 3. The molecule has 0 aliphatic heterocycles. The van der Waals surface area contributed by atoms with Crippen molar-refractivity contribution in [1.82, 2.24) is 4.98 Å². The van der Waals surface area contributed by atoms with Crippen molar-refractivity contribution in [3.63, 3.8) is 0 Å². The highest BCUT2D eigenvalue weighted by atomic mass is 19.4. The van der Waals surface area contributed by atoms with Crippen LogP contribution in [0.3, 0.4) is 0 Å². The van der Waals surface area contributed by atoms with Gasteiger partial charge in [-0.15, -0.1) is 13.2 Å². The molecule has 5 nitrogen and oxygen atoms in total. The molecule has 0 N–H and O–H groups in total. The smallest absolute Gasteiger partial charge is 0.398 e. The molecule has 0 fully saturated rings. The fraction of sp³-hybridized carbons (Fsp3) is 0.0833. The van der Waals surface area contributed by atoms with Gasteiger partial charge in [0.2, 0.25) is 5.75 Å². The third-order valence-electron chi connectivity index (χ3n) is 2.38. The van der Waals surface area contributed by atoms with Crippen LogP contribution in [-0.2, 0) is 0 Å². The molecule has 0 atom stereocenters. The largest absolute Gasteiger partial charge is 0.573 e. The average Bonchev–Trinajstić information content (AvgIpc) is 2.38. The van der Waals surface area contributed by atoms with Crippen molar-refractivity contribution in [3.8, 4) is 16.9 Å². The average molecular weight is 284 g/mol. The summed E-state index contributed by atoms with van der Waals surface area (Å²) in [6.07, 6.45) is -2.02. The van der Waals surface area contributed by atoms with Gasteiger partial charge in [0, 0.05) is 24.0 Å². The van der Waals surface area contributed by atoms with Crippen molar-refractivity contribution in [2.75, 3.05) is 0 Å². The highest BCUT2D eigenvalue weighted by Crippen LogP contribution is 2.35. The number of hydrogen-bond acceptors (Lipinski definition) is 4. The number of halogens is 3. The Balaban J connectivity index is 2.46. The van der Waals surface area contributed by atoms with E-state index < -0.39 is 22.7 Å². The lowest BCUT2D eigenvalue weighted by molar-refractivity contribution is -0.388. The minimum Gasteiger partial charge on any atom is -0.398 e. The molecule has 0 amide bonds. The highest BCUT2D eigenvalue weighted by Gasteiger charge is 2.34. The van der Waals surface area contributed by atoms with Gasteiger partial charge in [-0.3, -0.25) is 15.1 Å². The van der Waals surface area contributed by atoms with Crippen molar-refractivity contribution in [2.24, 2.45) is 0 Å². The summed E-state index contributed by atoms with van der Waals surface area (Å²) < 4.78 is 40.1. The van der Waals surface area contributed by atoms with Crippen LogP contribution in [0.2, 0.25) is 0 Å². The van der Waals surface area contributed by atoms with E-state index in [0.29, 0.717) is 11.1 Å². The van der Waals surface area contributed by atoms with Crippen LogP contribution in [-0.4, -0.2) is 16.3 Å². The fourth-order valence-electron chi connectivity index (χ4n) is 1.58. The van der Waals surface area contributed by atoms with Gasteiger partial charge in [-0.25, -0.2) is 0 Å². The topological polar surface area (TPSA) is 65.3 Å². The van der Waals surface area contributed by atoms with E-state index in [2.05, 4.69) is 9.72 Å². The monoisotopic (exact) mass is 284 g/mol. The maximum atomic E-state index is 12.2. The Morgan fingerprint density at radius 1 is 1.20 bits per heavy atom. The zero-order chi connectivity index (χ0) is 14.8. The normalized spacial score (nSPS) is 11.2. The lowest BCUT2D eigenvalue weighted by Crippen LogP contribution is -2.17. The first-order chi connectivity index (χ1) is 9.37. The quantitative estimate of drug-likeness (QED) is 0.638. The molecule has 1 aromatic carbocycles. The zero-order valence-electron chi connectivity index (χ0n) is 9.79. The van der Waals surface area contributed by atoms with Gasteiger partial charge >= 0.3 is 12.0 Å². The predicted molar refractivity (Wildman–Crippen MR) is 63.0 cm³/mol. The summed E-state index contributed by atoms with van der Waals surface area (Å²) in [6.45, 7) is 0. The van der Waals surface area contributed by atoms with E-state index in [0.717, 1.165) is 12.1 Å². The Kier molecular flexibility index (Phi) is 3.55. The van der Waals surface area contributed by atoms with Crippen LogP contribution < -0.4 is 4.74 Å². The minimum atomic E-state index is -4.99. The number of nitro benzene ring substituents is 1. The molecule has 0 saturated carbocycles. The maximum absolute atomic E-state index is 12.2. The van der Waals surface area contributed by atoms with Crippen LogP contribution in [0, 0.1) is 10.1 Å². The molecule has 0 aliphatic carbocycles. The van der Waals surface area contributed by atoms with E-state index in [9.17, 15) is 23.3 Å². The lowest BCUT2D eigenvalue weighted by atomic mass is 10.1. The maximum Gasteiger partial charge on any atom is 0.573 e. The van der Waals surface area contributed by atoms with E-state index >= 15 is 0 Å². The number of benzene rings is 1. The van der Waals surface area contributed by atoms with Crippen LogP contribution in [0.15, 0.2) is 42.7 Å². The van der Waals surface area contributed by atoms with Crippen LogP contribution in [0.1, 0.15) is 0 Å². The van der Waals surface area contributed by atoms with Gasteiger partial charge < -0.3 is 4.74 Å². The summed E-state index contributed by atoms with van der Waals surface area (Å²) in [7, 11) is 0. The van der Waals surface area contributed by atoms with Crippen molar-refractivity contribution < 1.29 is 22.8 Å². The van der Waals surface area contributed by atoms with Crippen molar-refractivity contribution in [3.05, 3.63) is 52.8 Å². The molecule has 2 aromatic rings. The number of nitro groups is 1. The molecule has 20 heavy (non-hydrogen) atoms. The summed E-state index contributed by atoms with van der Waals surface area (Å²) in [5.41, 5.74) is 0.164. The van der Waals surface area contributed by atoms with Crippen molar-refractivity contribution in [2.45, 2.75) is 6.36 Å². The molecule has 1 aromatic heterocycles. The standard InChI is InChI=1S/C12H7F3N2O3/c13-12(14,15)20-11-4-3-8(6-10(11)17(18)19)9-2-1-5-16-7-9/h1-7H. The predicted octanol–water partition coefficient (Wildman–Crippen LogP) is 3.56. The van der Waals surface area contributed by atoms with Gasteiger partial charge in [-0.2, -0.15) is 0 Å². The van der Waals surface area contributed by atoms with Gasteiger partial charge in [0.25, 0.3) is 0 Å². The molecule has 8 heteroatoms. The SMILES string of the molecule is O=[N+]([O-])c1cc(-c2cccnc2)ccc1OC(F)(F)F. The molecule has 104 valence electrons. The number of ether oxygens (including phenoxy) is 1. The molecule has 0 saturated heterocycles. The molecule has 0 unspecified atom stereocenters. The summed E-state index contributed by atoms with van der Waals surface area (Å²) in [4.78, 5) is 13.7. The highest BCUT2D eigenvalue weighted by molar-refractivity contribution is 5.68. The molecular formula is C12H7F3N2O3. The molecule has 2 rings (SSSR count). The Morgan fingerprint density at radius 3 is 2.50 bits per heavy atom. The van der Waals surface area contributed by atoms with Gasteiger partial charge in [0.1, 0.15) is 0 Å². The van der Waals surface area contributed by atoms with Crippen LogP contribution in [0.5, 0.6) is 5.75 Å². The third-order valence-corrected chi connectivity index (χ3v) is 2.38. The molecular weight excluding hydrogens is 277 g/mol. The molecule has 0 aliphatic rings. The van der Waals surface area contributed by atoms with E-state index in [1.807, 2.05) is 0 Å². The second-order valence-electron chi connectivity index (χ2n) is 3.73. The van der Waals surface area contributed by atoms with Gasteiger partial charge in [-0.1, -0.05) is 12.1 Å². The second kappa shape index (κ2) is 5.16. The first kappa shape index (κ1) is 13.8. The number of alkyl halides is 3. The lowest BCUT2D eigenvalue weighted by Gasteiger charge is -2.10. The number of aromatic nitrogens is 1. The van der Waals surface area contributed by atoms with Crippen molar-refractivity contribution in [1.29, 1.82) is 0 Å². The summed E-state index contributed by atoms with van der Waals surface area (Å²) in [5, 5.41) is 10.8. The van der Waals surface area contributed by atoms with Crippen molar-refractivity contribution >= 4 is 5.69 Å². The third kappa shape index (κ3) is 3.22. The number of hydrogen-bond donors (Lipinski definition) is 0. The van der Waals surface area contributed by atoms with E-state index in [1.54, 1.807) is 12.1 Å². The van der Waals surface area contributed by atoms with Gasteiger partial charge in [0.15, 0.2) is 0 Å². The van der Waals surface area contributed by atoms with E-state index in [4.69, 9.17) is 0 Å². The Labute approximate surface area is 110 Å². The Bertz CT molecular complexity index is 630. The number of pyridine rings is 1. The molecule has 0 bridgehead atoms. The van der Waals surface area contributed by atoms with Crippen LogP contribution in [0.4, 0.5) is 18.9 Å². The molecule has 1 heterocycles. The van der Waals surface area contributed by atoms with Crippen LogP contribution in [0.25, 0.3) is 11.1 Å². The summed E-state index contributed by atoms with van der Waals surface area (Å²) in [6, 6.07) is 6.47. The first-order valence-electron chi connectivity index (χ1n) is 5.31. The zero-order valence-corrected chi connectivity index (χ0v) is 9.79. The van der Waals surface area contributed by atoms with Crippen LogP contribution >= 0.6 is 0 Å². The summed E-state index contributed by atoms with van der Waals surface area (Å²) in [5.74, 6) is -0.852. The Morgan fingerprint density at radius 2 is 1.95 bits per heavy atom. The second-order valence-corrected chi connectivity index (χ2v) is 3.73. The molecule has 0 spiro atoms. The first-order valence-corrected chi connectivity index (χ1v) is 5.31.